The van der Waals surface area contributed by atoms with Gasteiger partial charge < -0.3 is 10.1 Å². The van der Waals surface area contributed by atoms with E-state index in [-0.39, 0.29) is 16.5 Å². The van der Waals surface area contributed by atoms with Crippen LogP contribution in [0.3, 0.4) is 0 Å². The molecule has 1 rings (SSSR count). The molecule has 0 saturated carbocycles. The van der Waals surface area contributed by atoms with Crippen LogP contribution in [0.15, 0.2) is 10.9 Å². The largest absolute Gasteiger partial charge is 0.481 e. The lowest BCUT2D eigenvalue weighted by Gasteiger charge is -2.08. The van der Waals surface area contributed by atoms with Crippen molar-refractivity contribution in [2.45, 2.75) is 18.2 Å². The summed E-state index contributed by atoms with van der Waals surface area (Å²) < 4.78 is 25.0. The van der Waals surface area contributed by atoms with Crippen molar-refractivity contribution in [1.29, 1.82) is 0 Å². The lowest BCUT2D eigenvalue weighted by Crippen LogP contribution is -2.17. The molecule has 0 saturated heterocycles. The molecular formula is C9H8BrF2NO3. The average molecular weight is 296 g/mol. The zero-order valence-electron chi connectivity index (χ0n) is 7.97. The maximum atomic E-state index is 12.5. The number of halogens is 3. The van der Waals surface area contributed by atoms with Crippen LogP contribution < -0.4 is 5.56 Å². The molecule has 0 aromatic carbocycles. The molecule has 0 fully saturated rings. The van der Waals surface area contributed by atoms with Gasteiger partial charge in [0.1, 0.15) is 0 Å². The predicted octanol–water partition coefficient (Wildman–Crippen LogP) is 1.83. The van der Waals surface area contributed by atoms with Crippen LogP contribution in [0.2, 0.25) is 0 Å². The number of hydrogen-bond donors (Lipinski definition) is 2. The van der Waals surface area contributed by atoms with E-state index in [0.29, 0.717) is 0 Å². The molecule has 88 valence electrons. The Morgan fingerprint density at radius 3 is 2.56 bits per heavy atom. The zero-order valence-corrected chi connectivity index (χ0v) is 9.55. The van der Waals surface area contributed by atoms with Gasteiger partial charge in [-0.05, 0) is 11.6 Å². The highest BCUT2D eigenvalue weighted by Gasteiger charge is 2.17. The normalized spacial score (nSPS) is 10.8. The van der Waals surface area contributed by atoms with Crippen molar-refractivity contribution in [3.63, 3.8) is 0 Å². The number of aliphatic carboxylic acids is 1. The second-order valence-electron chi connectivity index (χ2n) is 3.07. The van der Waals surface area contributed by atoms with Crippen molar-refractivity contribution in [3.8, 4) is 0 Å². The molecule has 0 aliphatic rings. The van der Waals surface area contributed by atoms with Gasteiger partial charge in [0.2, 0.25) is 0 Å². The third-order valence-corrected chi connectivity index (χ3v) is 2.54. The number of aromatic nitrogens is 1. The molecule has 0 spiro atoms. The Balaban J connectivity index is 3.30. The molecule has 0 aliphatic heterocycles. The number of aromatic amines is 1. The molecule has 1 heterocycles. The van der Waals surface area contributed by atoms with Crippen LogP contribution >= 0.6 is 15.9 Å². The van der Waals surface area contributed by atoms with Crippen LogP contribution in [0.1, 0.15) is 23.2 Å². The summed E-state index contributed by atoms with van der Waals surface area (Å²) in [6.45, 7) is 0. The summed E-state index contributed by atoms with van der Waals surface area (Å²) in [6.07, 6.45) is -3.44. The number of alkyl halides is 3. The summed E-state index contributed by atoms with van der Waals surface area (Å²) in [7, 11) is 0. The molecule has 0 aliphatic carbocycles. The smallest absolute Gasteiger partial charge is 0.307 e. The van der Waals surface area contributed by atoms with Crippen LogP contribution in [0, 0.1) is 0 Å². The maximum Gasteiger partial charge on any atom is 0.307 e. The molecular weight excluding hydrogens is 288 g/mol. The van der Waals surface area contributed by atoms with E-state index in [1.165, 1.54) is 6.07 Å². The number of pyridine rings is 1. The van der Waals surface area contributed by atoms with Crippen LogP contribution in [0.5, 0.6) is 0 Å². The molecule has 0 atom stereocenters. The molecule has 0 unspecified atom stereocenters. The fraction of sp³-hybridized carbons (Fsp3) is 0.333. The van der Waals surface area contributed by atoms with Gasteiger partial charge in [-0.15, -0.1) is 0 Å². The molecule has 2 N–H and O–H groups in total. The SMILES string of the molecule is O=C(O)Cc1cc(CBr)c(=O)[nH]c1C(F)F. The first kappa shape index (κ1) is 12.8. The van der Waals surface area contributed by atoms with Crippen molar-refractivity contribution in [2.75, 3.05) is 0 Å². The molecule has 4 nitrogen and oxygen atoms in total. The fourth-order valence-electron chi connectivity index (χ4n) is 1.24. The summed E-state index contributed by atoms with van der Waals surface area (Å²) in [5.74, 6) is -1.23. The molecule has 7 heteroatoms. The van der Waals surface area contributed by atoms with Crippen LogP contribution in [0.4, 0.5) is 8.78 Å². The summed E-state index contributed by atoms with van der Waals surface area (Å²) in [5.41, 5.74) is -1.12. The van der Waals surface area contributed by atoms with Gasteiger partial charge in [0.15, 0.2) is 0 Å². The number of hydrogen-bond acceptors (Lipinski definition) is 2. The van der Waals surface area contributed by atoms with Gasteiger partial charge >= 0.3 is 5.97 Å². The average Bonchev–Trinajstić information content (AvgIpc) is 2.19. The van der Waals surface area contributed by atoms with E-state index >= 15 is 0 Å². The van der Waals surface area contributed by atoms with Crippen LogP contribution in [-0.4, -0.2) is 16.1 Å². The summed E-state index contributed by atoms with van der Waals surface area (Å²) in [5, 5.41) is 8.74. The van der Waals surface area contributed by atoms with Gasteiger partial charge in [-0.2, -0.15) is 0 Å². The number of carboxylic acids is 1. The van der Waals surface area contributed by atoms with Gasteiger partial charge in [-0.3, -0.25) is 9.59 Å². The summed E-state index contributed by atoms with van der Waals surface area (Å²) >= 11 is 3.02. The van der Waals surface area contributed by atoms with Crippen molar-refractivity contribution < 1.29 is 18.7 Å². The Morgan fingerprint density at radius 1 is 1.50 bits per heavy atom. The fourth-order valence-corrected chi connectivity index (χ4v) is 1.66. The van der Waals surface area contributed by atoms with Crippen LogP contribution in [0.25, 0.3) is 0 Å². The van der Waals surface area contributed by atoms with Crippen molar-refractivity contribution in [1.82, 2.24) is 4.98 Å². The van der Waals surface area contributed by atoms with Gasteiger partial charge in [0.05, 0.1) is 12.1 Å². The summed E-state index contributed by atoms with van der Waals surface area (Å²) in [6, 6.07) is 1.18. The van der Waals surface area contributed by atoms with Gasteiger partial charge in [0, 0.05) is 10.9 Å². The first-order chi connectivity index (χ1) is 7.45. The molecule has 0 bridgehead atoms. The van der Waals surface area contributed by atoms with E-state index in [4.69, 9.17) is 5.11 Å². The lowest BCUT2D eigenvalue weighted by atomic mass is 10.1. The number of carboxylic acid groups (broad SMARTS) is 1. The van der Waals surface area contributed by atoms with Crippen molar-refractivity contribution in [2.24, 2.45) is 0 Å². The molecule has 0 amide bonds. The van der Waals surface area contributed by atoms with Gasteiger partial charge in [-0.25, -0.2) is 8.78 Å². The Bertz CT molecular complexity index is 459. The quantitative estimate of drug-likeness (QED) is 0.833. The highest BCUT2D eigenvalue weighted by molar-refractivity contribution is 9.08. The molecule has 0 radical (unpaired) electrons. The third kappa shape index (κ3) is 2.88. The van der Waals surface area contributed by atoms with E-state index < -0.39 is 30.1 Å². The minimum atomic E-state index is -2.90. The van der Waals surface area contributed by atoms with E-state index in [9.17, 15) is 18.4 Å². The lowest BCUT2D eigenvalue weighted by molar-refractivity contribution is -0.136. The maximum absolute atomic E-state index is 12.5. The Kier molecular flexibility index (Phi) is 4.17. The highest BCUT2D eigenvalue weighted by Crippen LogP contribution is 2.21. The van der Waals surface area contributed by atoms with E-state index in [0.717, 1.165) is 0 Å². The van der Waals surface area contributed by atoms with Crippen molar-refractivity contribution >= 4 is 21.9 Å². The number of rotatable bonds is 4. The van der Waals surface area contributed by atoms with E-state index in [1.54, 1.807) is 0 Å². The predicted molar refractivity (Wildman–Crippen MR) is 56.0 cm³/mol. The second kappa shape index (κ2) is 5.20. The Morgan fingerprint density at radius 2 is 2.12 bits per heavy atom. The number of carbonyl (C=O) groups is 1. The first-order valence-corrected chi connectivity index (χ1v) is 5.38. The topological polar surface area (TPSA) is 70.2 Å². The van der Waals surface area contributed by atoms with E-state index in [2.05, 4.69) is 15.9 Å². The molecule has 16 heavy (non-hydrogen) atoms. The Hall–Kier alpha value is -1.24. The standard InChI is InChI=1S/C9H8BrF2NO3/c10-3-5-1-4(2-6(14)15)7(8(11)12)13-9(5)16/h1,8H,2-3H2,(H,13,16)(H,14,15). The molecule has 1 aromatic rings. The second-order valence-corrected chi connectivity index (χ2v) is 3.63. The zero-order chi connectivity index (χ0) is 12.3. The molecule has 1 aromatic heterocycles. The minimum absolute atomic E-state index is 0.0726. The number of nitrogens with one attached hydrogen (secondary N) is 1. The monoisotopic (exact) mass is 295 g/mol. The van der Waals surface area contributed by atoms with Crippen molar-refractivity contribution in [3.05, 3.63) is 33.2 Å². The third-order valence-electron chi connectivity index (χ3n) is 1.94. The van der Waals surface area contributed by atoms with E-state index in [1.807, 2.05) is 4.98 Å². The van der Waals surface area contributed by atoms with Gasteiger partial charge in [0.25, 0.3) is 12.0 Å². The van der Waals surface area contributed by atoms with Gasteiger partial charge in [-0.1, -0.05) is 15.9 Å². The minimum Gasteiger partial charge on any atom is -0.481 e. The summed E-state index contributed by atoms with van der Waals surface area (Å²) in [4.78, 5) is 23.7. The Labute approximate surface area is 97.4 Å². The number of H-pyrrole nitrogens is 1. The highest BCUT2D eigenvalue weighted by atomic mass is 79.9. The first-order valence-electron chi connectivity index (χ1n) is 4.26. The van der Waals surface area contributed by atoms with Crippen LogP contribution in [-0.2, 0) is 16.5 Å².